The fourth-order valence-electron chi connectivity index (χ4n) is 3.78. The van der Waals surface area contributed by atoms with Crippen molar-refractivity contribution in [3.8, 4) is 0 Å². The lowest BCUT2D eigenvalue weighted by Crippen LogP contribution is -2.09. The highest BCUT2D eigenvalue weighted by atomic mass is 79.9. The van der Waals surface area contributed by atoms with Gasteiger partial charge in [0, 0.05) is 54.8 Å². The van der Waals surface area contributed by atoms with Gasteiger partial charge in [0.15, 0.2) is 17.1 Å². The molecule has 5 aromatic rings. The van der Waals surface area contributed by atoms with Crippen LogP contribution in [0.5, 0.6) is 0 Å². The summed E-state index contributed by atoms with van der Waals surface area (Å²) in [6.07, 6.45) is 0. The van der Waals surface area contributed by atoms with Crippen molar-refractivity contribution in [3.63, 3.8) is 0 Å². The Morgan fingerprint density at radius 1 is 0.485 bits per heavy atom. The van der Waals surface area contributed by atoms with Crippen LogP contribution in [-0.4, -0.2) is 86.3 Å². The molecule has 346 valence electrons. The van der Waals surface area contributed by atoms with E-state index in [1.54, 1.807) is 41.9 Å². The van der Waals surface area contributed by atoms with Crippen molar-refractivity contribution in [2.45, 2.75) is 48.5 Å². The Kier molecular flexibility index (Phi) is 30.6. The topological polar surface area (TPSA) is 220 Å². The Labute approximate surface area is 422 Å². The molecule has 0 radical (unpaired) electrons. The minimum absolute atomic E-state index is 0.0173. The third-order valence-electron chi connectivity index (χ3n) is 6.48. The van der Waals surface area contributed by atoms with E-state index in [-0.39, 0.29) is 77.6 Å². The number of halogens is 5. The molecule has 0 aliphatic heterocycles. The van der Waals surface area contributed by atoms with Gasteiger partial charge in [0.2, 0.25) is 9.47 Å². The van der Waals surface area contributed by atoms with Crippen molar-refractivity contribution in [2.24, 2.45) is 21.1 Å². The lowest BCUT2D eigenvalue weighted by Gasteiger charge is -2.02. The number of carbonyl (C=O) groups is 3. The molecule has 23 nitrogen and oxygen atoms in total. The van der Waals surface area contributed by atoms with Crippen molar-refractivity contribution in [1.29, 1.82) is 0 Å². The molecule has 0 aliphatic carbocycles. The van der Waals surface area contributed by atoms with E-state index in [2.05, 4.69) is 148 Å². The first-order valence-corrected chi connectivity index (χ1v) is 22.2. The molecule has 0 fully saturated rings. The Balaban J connectivity index is 0. The first-order valence-electron chi connectivity index (χ1n) is 18.2. The number of nitrogens with one attached hydrogen (secondary N) is 2. The number of hydrogen-bond donors (Lipinski definition) is 2. The summed E-state index contributed by atoms with van der Waals surface area (Å²) in [5, 5.41) is 0. The van der Waals surface area contributed by atoms with Crippen molar-refractivity contribution in [2.75, 3.05) is 19.8 Å². The van der Waals surface area contributed by atoms with Gasteiger partial charge < -0.3 is 52.7 Å². The zero-order valence-corrected chi connectivity index (χ0v) is 44.6. The largest absolute Gasteiger partial charge is 0.462 e. The lowest BCUT2D eigenvalue weighted by atomic mass is 10.4. The molecule has 5 heterocycles. The predicted octanol–water partition coefficient (Wildman–Crippen LogP) is 12.3. The molecule has 0 aromatic carbocycles. The summed E-state index contributed by atoms with van der Waals surface area (Å²) >= 11 is 15.4. The predicted molar refractivity (Wildman–Crippen MR) is 260 cm³/mol. The highest BCUT2D eigenvalue weighted by molar-refractivity contribution is 9.11. The smallest absolute Gasteiger partial charge is 0.347 e. The SMILES string of the molecule is CC.CC.[C-]#[N+]c1[nH]c(Br)nc1C(=O)OCC.[C-]#[N+]c1c(C(=O)OCC)nc(Br)n1C.[C-]#[N+]c1nc(Br)[nH]c1[N+]#[C-].[C-]#[N+]c1nc(Br)n(C)c1C(=O)OCC.[C-]#[N+]c1nc(Br)n(C)c1[N+]#[C-]. The number of H-pyrrole nitrogens is 2. The van der Waals surface area contributed by atoms with Crippen LogP contribution in [-0.2, 0) is 35.4 Å². The van der Waals surface area contributed by atoms with Gasteiger partial charge in [0.1, 0.15) is 0 Å². The summed E-state index contributed by atoms with van der Waals surface area (Å²) in [5.74, 6) is -0.655. The fourth-order valence-corrected chi connectivity index (χ4v) is 5.53. The molecule has 0 saturated heterocycles. The molecule has 0 amide bonds. The van der Waals surface area contributed by atoms with Crippen LogP contribution in [0.25, 0.3) is 33.9 Å². The Morgan fingerprint density at radius 2 is 0.879 bits per heavy atom. The van der Waals surface area contributed by atoms with E-state index < -0.39 is 17.9 Å². The van der Waals surface area contributed by atoms with Crippen LogP contribution in [0.15, 0.2) is 23.7 Å². The maximum absolute atomic E-state index is 11.4. The second-order valence-corrected chi connectivity index (χ2v) is 13.8. The number of hydrogen-bond acceptors (Lipinski definition) is 11. The number of aromatic nitrogens is 10. The average Bonchev–Trinajstić information content (AvgIpc) is 4.11. The molecular formula is C38H38Br5N17O6. The van der Waals surface area contributed by atoms with Crippen LogP contribution in [0.3, 0.4) is 0 Å². The highest BCUT2D eigenvalue weighted by Crippen LogP contribution is 2.30. The molecule has 28 heteroatoms. The van der Waals surface area contributed by atoms with Crippen molar-refractivity contribution in [3.05, 3.63) is 121 Å². The van der Waals surface area contributed by atoms with E-state index in [1.165, 1.54) is 13.7 Å². The highest BCUT2D eigenvalue weighted by Gasteiger charge is 2.23. The van der Waals surface area contributed by atoms with Crippen molar-refractivity contribution >= 4 is 138 Å². The summed E-state index contributed by atoms with van der Waals surface area (Å²) < 4.78 is 20.9. The number of esters is 3. The van der Waals surface area contributed by atoms with Crippen LogP contribution in [0.2, 0.25) is 0 Å². The van der Waals surface area contributed by atoms with Crippen LogP contribution in [0, 0.1) is 46.0 Å². The van der Waals surface area contributed by atoms with Crippen LogP contribution in [0.4, 0.5) is 40.7 Å². The van der Waals surface area contributed by atoms with Gasteiger partial charge in [-0.05, 0) is 20.8 Å². The van der Waals surface area contributed by atoms with Gasteiger partial charge in [0.05, 0.1) is 65.8 Å². The Hall–Kier alpha value is -6.71. The van der Waals surface area contributed by atoms with Crippen molar-refractivity contribution in [1.82, 2.24) is 48.6 Å². The Bertz CT molecular complexity index is 2710. The van der Waals surface area contributed by atoms with Gasteiger partial charge in [-0.25, -0.2) is 24.4 Å². The average molecular weight is 1230 g/mol. The minimum atomic E-state index is -0.588. The van der Waals surface area contributed by atoms with Gasteiger partial charge in [-0.15, -0.1) is 0 Å². The lowest BCUT2D eigenvalue weighted by molar-refractivity contribution is 0.0508. The molecule has 0 spiro atoms. The summed E-state index contributed by atoms with van der Waals surface area (Å²) in [4.78, 5) is 79.9. The van der Waals surface area contributed by atoms with E-state index >= 15 is 0 Å². The summed E-state index contributed by atoms with van der Waals surface area (Å²) in [5.41, 5.74) is 0.244. The van der Waals surface area contributed by atoms with Gasteiger partial charge in [-0.1, -0.05) is 88.7 Å². The van der Waals surface area contributed by atoms with E-state index in [1.807, 2.05) is 27.7 Å². The van der Waals surface area contributed by atoms with E-state index in [0.717, 1.165) is 0 Å². The molecule has 0 aliphatic rings. The van der Waals surface area contributed by atoms with Crippen LogP contribution < -0.4 is 0 Å². The van der Waals surface area contributed by atoms with E-state index in [4.69, 9.17) is 60.2 Å². The first-order chi connectivity index (χ1) is 31.4. The molecule has 66 heavy (non-hydrogen) atoms. The maximum Gasteiger partial charge on any atom is 0.347 e. The summed E-state index contributed by atoms with van der Waals surface area (Å²) in [6.45, 7) is 61.0. The maximum atomic E-state index is 11.4. The van der Waals surface area contributed by atoms with Gasteiger partial charge in [0.25, 0.3) is 39.6 Å². The molecule has 2 N–H and O–H groups in total. The van der Waals surface area contributed by atoms with E-state index in [0.29, 0.717) is 23.7 Å². The van der Waals surface area contributed by atoms with Gasteiger partial charge >= 0.3 is 33.2 Å². The standard InChI is InChI=1S/2C8H8BrN3O2.C7H6BrN3O2.C6H3BrN4.C5HBrN4.2C2H6/c1-4-14-7(13)5-6(10-2)11-8(9)12(5)3;1-4-14-7(13)5-6(10-2)12(3)8(9)11-5;1-3-13-6(12)4-5(9-2)11-7(8)10-4;1-8-4-5(9-2)11(3)6(7)10-4;1-7-3-4(8-2)10-5(6)9-3;2*1-2/h2*4H2,1,3H3;3H2,1H3,(H,10,11);3H3;(H,9,10);2*1-2H3. The molecule has 5 rings (SSSR count). The Morgan fingerprint density at radius 3 is 1.30 bits per heavy atom. The number of ether oxygens (including phenoxy) is 3. The molecular weight excluding hydrogens is 1190 g/mol. The molecule has 0 unspecified atom stereocenters. The second-order valence-electron chi connectivity index (χ2n) is 10.2. The zero-order chi connectivity index (χ0) is 51.3. The van der Waals surface area contributed by atoms with Gasteiger partial charge in [-0.2, -0.15) is 0 Å². The zero-order valence-electron chi connectivity index (χ0n) is 36.7. The van der Waals surface area contributed by atoms with E-state index in [9.17, 15) is 14.4 Å². The monoisotopic (exact) mass is 1220 g/mol. The number of rotatable bonds is 6. The molecule has 0 bridgehead atoms. The number of carbonyl (C=O) groups excluding carboxylic acids is 3. The number of imidazole rings is 5. The quantitative estimate of drug-likeness (QED) is 0.0925. The first kappa shape index (κ1) is 61.4. The van der Waals surface area contributed by atoms with Gasteiger partial charge in [-0.3, -0.25) is 19.1 Å². The normalized spacial score (nSPS) is 8.79. The molecule has 0 saturated carbocycles. The molecule has 0 atom stereocenters. The number of aromatic amines is 2. The summed E-state index contributed by atoms with van der Waals surface area (Å²) in [7, 11) is 4.96. The summed E-state index contributed by atoms with van der Waals surface area (Å²) in [6, 6.07) is 0. The fraction of sp³-hybridized carbons (Fsp3) is 0.342. The third kappa shape index (κ3) is 18.0. The minimum Gasteiger partial charge on any atom is -0.462 e. The van der Waals surface area contributed by atoms with Crippen LogP contribution in [0.1, 0.15) is 79.9 Å². The third-order valence-corrected chi connectivity index (χ3v) is 9.36. The second kappa shape index (κ2) is 32.9. The van der Waals surface area contributed by atoms with Crippen LogP contribution >= 0.6 is 79.6 Å². The number of nitrogens with zero attached hydrogens (tertiary/aromatic N) is 15. The van der Waals surface area contributed by atoms with Crippen molar-refractivity contribution < 1.29 is 28.6 Å². The molecule has 5 aromatic heterocycles.